The number of hydrogen-bond acceptors (Lipinski definition) is 2. The van der Waals surface area contributed by atoms with Crippen LogP contribution in [0.1, 0.15) is 30.0 Å². The van der Waals surface area contributed by atoms with E-state index in [1.807, 2.05) is 6.07 Å². The Bertz CT molecular complexity index is 339. The first-order valence-corrected chi connectivity index (χ1v) is 5.48. The van der Waals surface area contributed by atoms with Gasteiger partial charge in [-0.15, -0.1) is 12.4 Å². The number of ether oxygens (including phenoxy) is 1. The maximum Gasteiger partial charge on any atom is 0.122 e. The Balaban J connectivity index is 0.00000225. The molecule has 0 saturated heterocycles. The van der Waals surface area contributed by atoms with E-state index < -0.39 is 0 Å². The summed E-state index contributed by atoms with van der Waals surface area (Å²) in [5.74, 6) is 0.960. The molecule has 0 aliphatic rings. The highest BCUT2D eigenvalue weighted by Gasteiger charge is 2.08. The van der Waals surface area contributed by atoms with Crippen molar-refractivity contribution >= 4 is 12.4 Å². The lowest BCUT2D eigenvalue weighted by Crippen LogP contribution is -2.22. The zero-order valence-electron chi connectivity index (χ0n) is 10.5. The SMILES string of the molecule is CCC(N)Cc1ccc(OC)c(C)c1C.Cl. The van der Waals surface area contributed by atoms with Crippen LogP contribution in [0.3, 0.4) is 0 Å². The molecule has 1 unspecified atom stereocenters. The third-order valence-corrected chi connectivity index (χ3v) is 3.08. The molecule has 0 amide bonds. The lowest BCUT2D eigenvalue weighted by atomic mass is 9.96. The number of nitrogens with two attached hydrogens (primary N) is 1. The Morgan fingerprint density at radius 3 is 2.38 bits per heavy atom. The molecule has 0 heterocycles. The number of halogens is 1. The lowest BCUT2D eigenvalue weighted by molar-refractivity contribution is 0.411. The van der Waals surface area contributed by atoms with E-state index in [9.17, 15) is 0 Å². The first kappa shape index (κ1) is 15.3. The Hall–Kier alpha value is -0.730. The zero-order valence-corrected chi connectivity index (χ0v) is 11.4. The van der Waals surface area contributed by atoms with Crippen LogP contribution in [0.2, 0.25) is 0 Å². The van der Waals surface area contributed by atoms with Crippen molar-refractivity contribution in [3.63, 3.8) is 0 Å². The highest BCUT2D eigenvalue weighted by molar-refractivity contribution is 5.85. The average Bonchev–Trinajstić information content (AvgIpc) is 2.25. The third kappa shape index (κ3) is 3.39. The molecule has 0 radical (unpaired) electrons. The van der Waals surface area contributed by atoms with Gasteiger partial charge in [-0.25, -0.2) is 0 Å². The molecule has 0 saturated carbocycles. The number of hydrogen-bond donors (Lipinski definition) is 1. The molecule has 1 rings (SSSR count). The Morgan fingerprint density at radius 2 is 1.88 bits per heavy atom. The van der Waals surface area contributed by atoms with E-state index in [1.165, 1.54) is 16.7 Å². The molecular formula is C13H22ClNO. The largest absolute Gasteiger partial charge is 0.496 e. The van der Waals surface area contributed by atoms with Crippen LogP contribution in [0.15, 0.2) is 12.1 Å². The normalized spacial score (nSPS) is 11.8. The van der Waals surface area contributed by atoms with Gasteiger partial charge in [-0.05, 0) is 49.4 Å². The highest BCUT2D eigenvalue weighted by atomic mass is 35.5. The minimum absolute atomic E-state index is 0. The van der Waals surface area contributed by atoms with Crippen molar-refractivity contribution in [2.24, 2.45) is 5.73 Å². The predicted molar refractivity (Wildman–Crippen MR) is 71.7 cm³/mol. The second-order valence-corrected chi connectivity index (χ2v) is 4.05. The fraction of sp³-hybridized carbons (Fsp3) is 0.538. The molecular weight excluding hydrogens is 222 g/mol. The minimum atomic E-state index is 0. The van der Waals surface area contributed by atoms with Gasteiger partial charge in [0.1, 0.15) is 5.75 Å². The zero-order chi connectivity index (χ0) is 11.4. The maximum atomic E-state index is 5.96. The summed E-state index contributed by atoms with van der Waals surface area (Å²) < 4.78 is 5.28. The van der Waals surface area contributed by atoms with Crippen LogP contribution in [0.5, 0.6) is 5.75 Å². The average molecular weight is 244 g/mol. The van der Waals surface area contributed by atoms with Crippen LogP contribution < -0.4 is 10.5 Å². The molecule has 1 aromatic rings. The second kappa shape index (κ2) is 6.77. The van der Waals surface area contributed by atoms with E-state index in [2.05, 4.69) is 26.8 Å². The quantitative estimate of drug-likeness (QED) is 0.883. The van der Waals surface area contributed by atoms with Gasteiger partial charge >= 0.3 is 0 Å². The van der Waals surface area contributed by atoms with Crippen molar-refractivity contribution in [2.45, 2.75) is 39.7 Å². The molecule has 1 aromatic carbocycles. The van der Waals surface area contributed by atoms with Gasteiger partial charge in [-0.1, -0.05) is 13.0 Å². The Kier molecular flexibility index (Phi) is 6.46. The van der Waals surface area contributed by atoms with E-state index in [4.69, 9.17) is 10.5 Å². The van der Waals surface area contributed by atoms with Crippen molar-refractivity contribution in [3.8, 4) is 5.75 Å². The number of rotatable bonds is 4. The van der Waals surface area contributed by atoms with Crippen LogP contribution in [0.25, 0.3) is 0 Å². The first-order valence-electron chi connectivity index (χ1n) is 5.48. The van der Waals surface area contributed by atoms with E-state index in [1.54, 1.807) is 7.11 Å². The smallest absolute Gasteiger partial charge is 0.122 e. The molecule has 0 fully saturated rings. The molecule has 1 atom stereocenters. The number of benzene rings is 1. The summed E-state index contributed by atoms with van der Waals surface area (Å²) in [4.78, 5) is 0. The summed E-state index contributed by atoms with van der Waals surface area (Å²) in [6, 6.07) is 4.41. The van der Waals surface area contributed by atoms with E-state index >= 15 is 0 Å². The highest BCUT2D eigenvalue weighted by Crippen LogP contribution is 2.24. The fourth-order valence-corrected chi connectivity index (χ4v) is 1.72. The Labute approximate surface area is 105 Å². The van der Waals surface area contributed by atoms with Crippen LogP contribution in [0, 0.1) is 13.8 Å². The molecule has 0 aliphatic heterocycles. The third-order valence-electron chi connectivity index (χ3n) is 3.08. The van der Waals surface area contributed by atoms with Crippen LogP contribution in [0.4, 0.5) is 0 Å². The number of methoxy groups -OCH3 is 1. The van der Waals surface area contributed by atoms with E-state index in [-0.39, 0.29) is 18.4 Å². The Morgan fingerprint density at radius 1 is 1.25 bits per heavy atom. The summed E-state index contributed by atoms with van der Waals surface area (Å²) in [6.45, 7) is 6.35. The van der Waals surface area contributed by atoms with Crippen molar-refractivity contribution in [3.05, 3.63) is 28.8 Å². The van der Waals surface area contributed by atoms with Crippen molar-refractivity contribution in [1.82, 2.24) is 0 Å². The molecule has 92 valence electrons. The summed E-state index contributed by atoms with van der Waals surface area (Å²) >= 11 is 0. The van der Waals surface area contributed by atoms with Gasteiger partial charge in [0, 0.05) is 6.04 Å². The molecule has 16 heavy (non-hydrogen) atoms. The lowest BCUT2D eigenvalue weighted by Gasteiger charge is -2.15. The van der Waals surface area contributed by atoms with Gasteiger partial charge in [0.05, 0.1) is 7.11 Å². The fourth-order valence-electron chi connectivity index (χ4n) is 1.72. The second-order valence-electron chi connectivity index (χ2n) is 4.05. The summed E-state index contributed by atoms with van der Waals surface area (Å²) in [5.41, 5.74) is 9.82. The van der Waals surface area contributed by atoms with Crippen molar-refractivity contribution < 1.29 is 4.74 Å². The molecule has 0 bridgehead atoms. The summed E-state index contributed by atoms with van der Waals surface area (Å²) in [7, 11) is 1.71. The molecule has 0 spiro atoms. The van der Waals surface area contributed by atoms with E-state index in [0.717, 1.165) is 18.6 Å². The monoisotopic (exact) mass is 243 g/mol. The molecule has 2 nitrogen and oxygen atoms in total. The van der Waals surface area contributed by atoms with Gasteiger partial charge in [-0.2, -0.15) is 0 Å². The van der Waals surface area contributed by atoms with Gasteiger partial charge < -0.3 is 10.5 Å². The van der Waals surface area contributed by atoms with Crippen LogP contribution in [-0.2, 0) is 6.42 Å². The minimum Gasteiger partial charge on any atom is -0.496 e. The van der Waals surface area contributed by atoms with Gasteiger partial charge in [0.25, 0.3) is 0 Å². The van der Waals surface area contributed by atoms with Gasteiger partial charge in [0.15, 0.2) is 0 Å². The van der Waals surface area contributed by atoms with E-state index in [0.29, 0.717) is 0 Å². The van der Waals surface area contributed by atoms with Crippen molar-refractivity contribution in [2.75, 3.05) is 7.11 Å². The molecule has 0 aliphatic carbocycles. The van der Waals surface area contributed by atoms with Crippen LogP contribution in [-0.4, -0.2) is 13.2 Å². The summed E-state index contributed by atoms with van der Waals surface area (Å²) in [5, 5.41) is 0. The molecule has 2 N–H and O–H groups in total. The molecule has 3 heteroatoms. The molecule has 0 aromatic heterocycles. The first-order chi connectivity index (χ1) is 7.10. The maximum absolute atomic E-state index is 5.96. The topological polar surface area (TPSA) is 35.2 Å². The van der Waals surface area contributed by atoms with Crippen LogP contribution >= 0.6 is 12.4 Å². The predicted octanol–water partition coefficient (Wildman–Crippen LogP) is 3.01. The van der Waals surface area contributed by atoms with Gasteiger partial charge in [-0.3, -0.25) is 0 Å². The standard InChI is InChI=1S/C13H21NO.ClH/c1-5-12(14)8-11-6-7-13(15-4)10(3)9(11)2;/h6-7,12H,5,8,14H2,1-4H3;1H. The van der Waals surface area contributed by atoms with Gasteiger partial charge in [0.2, 0.25) is 0 Å². The summed E-state index contributed by atoms with van der Waals surface area (Å²) in [6.07, 6.45) is 1.97. The van der Waals surface area contributed by atoms with Crippen molar-refractivity contribution in [1.29, 1.82) is 0 Å².